The van der Waals surface area contributed by atoms with E-state index in [9.17, 15) is 10.1 Å². The van der Waals surface area contributed by atoms with Gasteiger partial charge in [0.05, 0.1) is 10.0 Å². The number of hydrogen-bond donors (Lipinski definition) is 0. The fourth-order valence-corrected chi connectivity index (χ4v) is 3.57. The molecule has 0 aromatic carbocycles. The molecule has 0 atom stereocenters. The second-order valence-corrected chi connectivity index (χ2v) is 7.22. The Morgan fingerprint density at radius 3 is 2.70 bits per heavy atom. The van der Waals surface area contributed by atoms with Gasteiger partial charge in [-0.1, -0.05) is 36.5 Å². The van der Waals surface area contributed by atoms with Crippen molar-refractivity contribution in [1.82, 2.24) is 4.98 Å². The first-order valence-electron chi connectivity index (χ1n) is 6.97. The predicted molar refractivity (Wildman–Crippen MR) is 92.5 cm³/mol. The maximum Gasteiger partial charge on any atom is 0.232 e. The molecule has 4 nitrogen and oxygen atoms in total. The Kier molecular flexibility index (Phi) is 6.00. The number of nitriles is 1. The molecule has 0 aliphatic heterocycles. The Morgan fingerprint density at radius 1 is 1.43 bits per heavy atom. The minimum Gasteiger partial charge on any atom is -0.469 e. The number of aromatic nitrogens is 1. The zero-order valence-corrected chi connectivity index (χ0v) is 15.0. The summed E-state index contributed by atoms with van der Waals surface area (Å²) in [6.07, 6.45) is 1.56. The lowest BCUT2D eigenvalue weighted by molar-refractivity contribution is -0.119. The van der Waals surface area contributed by atoms with Crippen LogP contribution in [0.4, 0.5) is 0 Å². The molecule has 23 heavy (non-hydrogen) atoms. The molecule has 7 heteroatoms. The highest BCUT2D eigenvalue weighted by atomic mass is 35.5. The molecule has 0 spiro atoms. The Balaban J connectivity index is 2.57. The van der Waals surface area contributed by atoms with E-state index in [-0.39, 0.29) is 18.3 Å². The lowest BCUT2D eigenvalue weighted by atomic mass is 10.0. The third-order valence-corrected chi connectivity index (χ3v) is 4.53. The van der Waals surface area contributed by atoms with Crippen molar-refractivity contribution in [2.24, 2.45) is 0 Å². The first kappa shape index (κ1) is 17.7. The van der Waals surface area contributed by atoms with E-state index in [1.807, 2.05) is 13.0 Å². The van der Waals surface area contributed by atoms with Crippen molar-refractivity contribution in [3.63, 3.8) is 0 Å². The average Bonchev–Trinajstić information content (AvgIpc) is 2.83. The van der Waals surface area contributed by atoms with Crippen LogP contribution in [-0.4, -0.2) is 17.4 Å². The summed E-state index contributed by atoms with van der Waals surface area (Å²) in [7, 11) is 0. The molecule has 120 valence electrons. The number of nitrogens with zero attached hydrogens (tertiary/aromatic N) is 2. The van der Waals surface area contributed by atoms with Crippen LogP contribution >= 0.6 is 34.5 Å². The van der Waals surface area contributed by atoms with E-state index in [0.29, 0.717) is 31.9 Å². The predicted octanol–water partition coefficient (Wildman–Crippen LogP) is 4.91. The maximum absolute atomic E-state index is 11.2. The van der Waals surface area contributed by atoms with Gasteiger partial charge in [0.15, 0.2) is 5.78 Å². The zero-order valence-electron chi connectivity index (χ0n) is 12.7. The lowest BCUT2D eigenvalue weighted by Crippen LogP contribution is -2.10. The van der Waals surface area contributed by atoms with E-state index >= 15 is 0 Å². The smallest absolute Gasteiger partial charge is 0.232 e. The summed E-state index contributed by atoms with van der Waals surface area (Å²) in [5, 5.41) is 9.41. The number of carbonyl (C=O) groups excluding carboxylic acids is 1. The number of thiophene rings is 1. The number of ketones is 1. The largest absolute Gasteiger partial charge is 0.469 e. The number of halogens is 2. The molecule has 0 saturated carbocycles. The van der Waals surface area contributed by atoms with Crippen LogP contribution in [0.5, 0.6) is 5.88 Å². The van der Waals surface area contributed by atoms with Crippen molar-refractivity contribution in [2.75, 3.05) is 6.61 Å². The highest BCUT2D eigenvalue weighted by Gasteiger charge is 2.18. The van der Waals surface area contributed by atoms with Gasteiger partial charge in [0.2, 0.25) is 5.88 Å². The summed E-state index contributed by atoms with van der Waals surface area (Å²) in [6, 6.07) is 5.67. The Bertz CT molecular complexity index is 781. The highest BCUT2D eigenvalue weighted by Crippen LogP contribution is 2.39. The molecule has 0 aliphatic carbocycles. The van der Waals surface area contributed by atoms with Crippen molar-refractivity contribution in [3.05, 3.63) is 31.9 Å². The van der Waals surface area contributed by atoms with Gasteiger partial charge in [-0.3, -0.25) is 4.79 Å². The summed E-state index contributed by atoms with van der Waals surface area (Å²) in [4.78, 5) is 15.5. The van der Waals surface area contributed by atoms with Crippen molar-refractivity contribution in [2.45, 2.75) is 26.7 Å². The SMILES string of the molecule is CCCc1cc(-c2cc(Cl)sc2Cl)nc(OCC(C)=O)c1C#N. The molecular weight excluding hydrogens is 355 g/mol. The van der Waals surface area contributed by atoms with E-state index in [0.717, 1.165) is 12.0 Å². The van der Waals surface area contributed by atoms with Crippen molar-refractivity contribution in [1.29, 1.82) is 5.26 Å². The molecule has 0 radical (unpaired) electrons. The van der Waals surface area contributed by atoms with Crippen molar-refractivity contribution in [3.8, 4) is 23.2 Å². The molecule has 2 aromatic rings. The molecular formula is C16H14Cl2N2O2S. The second kappa shape index (κ2) is 7.78. The van der Waals surface area contributed by atoms with Crippen LogP contribution in [-0.2, 0) is 11.2 Å². The number of aryl methyl sites for hydroxylation is 1. The molecule has 0 fully saturated rings. The van der Waals surface area contributed by atoms with E-state index < -0.39 is 0 Å². The molecule has 2 aromatic heterocycles. The topological polar surface area (TPSA) is 63.0 Å². The van der Waals surface area contributed by atoms with Gasteiger partial charge in [0, 0.05) is 5.56 Å². The Labute approximate surface area is 148 Å². The number of carbonyl (C=O) groups is 1. The molecule has 2 heterocycles. The molecule has 0 unspecified atom stereocenters. The number of hydrogen-bond acceptors (Lipinski definition) is 5. The van der Waals surface area contributed by atoms with Crippen LogP contribution in [0, 0.1) is 11.3 Å². The maximum atomic E-state index is 11.2. The van der Waals surface area contributed by atoms with Crippen LogP contribution in [0.15, 0.2) is 12.1 Å². The third-order valence-electron chi connectivity index (χ3n) is 3.04. The van der Waals surface area contributed by atoms with Crippen LogP contribution < -0.4 is 4.74 Å². The van der Waals surface area contributed by atoms with Gasteiger partial charge < -0.3 is 4.74 Å². The summed E-state index contributed by atoms with van der Waals surface area (Å²) in [5.41, 5.74) is 2.45. The monoisotopic (exact) mass is 368 g/mol. The summed E-state index contributed by atoms with van der Waals surface area (Å²) >= 11 is 13.4. The zero-order chi connectivity index (χ0) is 17.0. The summed E-state index contributed by atoms with van der Waals surface area (Å²) in [5.74, 6) is 0.0109. The molecule has 0 aliphatic rings. The fraction of sp³-hybridized carbons (Fsp3) is 0.312. The van der Waals surface area contributed by atoms with Crippen LogP contribution in [0.3, 0.4) is 0 Å². The minimum absolute atomic E-state index is 0.130. The van der Waals surface area contributed by atoms with Crippen LogP contribution in [0.2, 0.25) is 8.67 Å². The lowest BCUT2D eigenvalue weighted by Gasteiger charge is -2.11. The molecule has 0 N–H and O–H groups in total. The summed E-state index contributed by atoms with van der Waals surface area (Å²) in [6.45, 7) is 3.30. The molecule has 0 bridgehead atoms. The van der Waals surface area contributed by atoms with Gasteiger partial charge in [-0.05, 0) is 31.0 Å². The van der Waals surface area contributed by atoms with Gasteiger partial charge in [0.25, 0.3) is 0 Å². The Hall–Kier alpha value is -1.61. The van der Waals surface area contributed by atoms with Gasteiger partial charge in [0.1, 0.15) is 22.6 Å². The van der Waals surface area contributed by atoms with Gasteiger partial charge >= 0.3 is 0 Å². The van der Waals surface area contributed by atoms with Gasteiger partial charge in [-0.2, -0.15) is 5.26 Å². The van der Waals surface area contributed by atoms with Crippen molar-refractivity contribution >= 4 is 40.3 Å². The van der Waals surface area contributed by atoms with Crippen molar-refractivity contribution < 1.29 is 9.53 Å². The molecule has 2 rings (SSSR count). The Morgan fingerprint density at radius 2 is 2.17 bits per heavy atom. The van der Waals surface area contributed by atoms with E-state index in [1.165, 1.54) is 18.3 Å². The first-order valence-corrected chi connectivity index (χ1v) is 8.55. The number of pyridine rings is 1. The number of ether oxygens (including phenoxy) is 1. The third kappa shape index (κ3) is 4.23. The van der Waals surface area contributed by atoms with Gasteiger partial charge in [-0.25, -0.2) is 4.98 Å². The molecule has 0 saturated heterocycles. The summed E-state index contributed by atoms with van der Waals surface area (Å²) < 4.78 is 6.51. The molecule has 0 amide bonds. The first-order chi connectivity index (χ1) is 11.0. The fourth-order valence-electron chi connectivity index (χ4n) is 2.09. The minimum atomic E-state index is -0.144. The highest BCUT2D eigenvalue weighted by molar-refractivity contribution is 7.20. The quantitative estimate of drug-likeness (QED) is 0.726. The number of Topliss-reactive ketones (excluding diaryl/α,β-unsaturated/α-hetero) is 1. The normalized spacial score (nSPS) is 10.4. The van der Waals surface area contributed by atoms with Gasteiger partial charge in [-0.15, -0.1) is 11.3 Å². The average molecular weight is 369 g/mol. The number of rotatable bonds is 6. The van der Waals surface area contributed by atoms with Crippen LogP contribution in [0.25, 0.3) is 11.3 Å². The van der Waals surface area contributed by atoms with E-state index in [4.69, 9.17) is 27.9 Å². The standard InChI is InChI=1S/C16H14Cl2N2O2S/c1-3-4-10-5-13(11-6-14(17)23-15(11)18)20-16(12(10)7-19)22-8-9(2)21/h5-6H,3-4,8H2,1-2H3. The second-order valence-electron chi connectivity index (χ2n) is 4.94. The van der Waals surface area contributed by atoms with E-state index in [2.05, 4.69) is 11.1 Å². The van der Waals surface area contributed by atoms with E-state index in [1.54, 1.807) is 6.07 Å². The van der Waals surface area contributed by atoms with Crippen LogP contribution in [0.1, 0.15) is 31.4 Å².